The van der Waals surface area contributed by atoms with Crippen LogP contribution in [-0.2, 0) is 11.3 Å². The van der Waals surface area contributed by atoms with Crippen LogP contribution in [0.4, 0.5) is 5.95 Å². The molecule has 1 fully saturated rings. The SMILES string of the molecule is O=C(Nc1nc2cc(-c3cccc(-c4ccccc4)c3)ccc2c(=O)n1CC1CCCO1)c1ccccc1. The van der Waals surface area contributed by atoms with Gasteiger partial charge in [0.05, 0.1) is 23.6 Å². The highest BCUT2D eigenvalue weighted by molar-refractivity contribution is 6.03. The molecule has 1 unspecified atom stereocenters. The van der Waals surface area contributed by atoms with Crippen molar-refractivity contribution < 1.29 is 9.53 Å². The number of amides is 1. The molecule has 0 spiro atoms. The molecule has 1 aliphatic rings. The molecule has 6 rings (SSSR count). The average molecular weight is 502 g/mol. The molecule has 6 heteroatoms. The lowest BCUT2D eigenvalue weighted by atomic mass is 9.98. The Hall–Kier alpha value is -4.55. The first kappa shape index (κ1) is 23.8. The number of carbonyl (C=O) groups excluding carboxylic acids is 1. The number of hydrogen-bond acceptors (Lipinski definition) is 4. The third kappa shape index (κ3) is 4.86. The van der Waals surface area contributed by atoms with Crippen LogP contribution in [-0.4, -0.2) is 28.2 Å². The van der Waals surface area contributed by atoms with E-state index in [1.165, 1.54) is 4.57 Å². The van der Waals surface area contributed by atoms with Crippen LogP contribution in [0.5, 0.6) is 0 Å². The van der Waals surface area contributed by atoms with E-state index in [1.54, 1.807) is 24.3 Å². The van der Waals surface area contributed by atoms with Crippen molar-refractivity contribution >= 4 is 22.8 Å². The van der Waals surface area contributed by atoms with Gasteiger partial charge < -0.3 is 4.74 Å². The first-order valence-electron chi connectivity index (χ1n) is 12.8. The van der Waals surface area contributed by atoms with E-state index in [9.17, 15) is 9.59 Å². The van der Waals surface area contributed by atoms with Gasteiger partial charge in [0.1, 0.15) is 0 Å². The topological polar surface area (TPSA) is 73.2 Å². The third-order valence-corrected chi connectivity index (χ3v) is 6.93. The molecule has 0 aliphatic carbocycles. The molecular formula is C32H27N3O3. The van der Waals surface area contributed by atoms with Crippen LogP contribution in [0.1, 0.15) is 23.2 Å². The summed E-state index contributed by atoms with van der Waals surface area (Å²) in [6.07, 6.45) is 1.74. The van der Waals surface area contributed by atoms with Crippen LogP contribution in [0.3, 0.4) is 0 Å². The van der Waals surface area contributed by atoms with Gasteiger partial charge >= 0.3 is 0 Å². The van der Waals surface area contributed by atoms with Gasteiger partial charge in [0.15, 0.2) is 0 Å². The van der Waals surface area contributed by atoms with Gasteiger partial charge in [0, 0.05) is 12.2 Å². The van der Waals surface area contributed by atoms with Crippen LogP contribution < -0.4 is 10.9 Å². The van der Waals surface area contributed by atoms with Crippen molar-refractivity contribution in [3.8, 4) is 22.3 Å². The van der Waals surface area contributed by atoms with Crippen molar-refractivity contribution in [2.45, 2.75) is 25.5 Å². The monoisotopic (exact) mass is 501 g/mol. The van der Waals surface area contributed by atoms with Crippen molar-refractivity contribution in [2.24, 2.45) is 0 Å². The summed E-state index contributed by atoms with van der Waals surface area (Å²) in [5.41, 5.74) is 5.04. The predicted octanol–water partition coefficient (Wildman–Crippen LogP) is 6.16. The smallest absolute Gasteiger partial charge is 0.262 e. The van der Waals surface area contributed by atoms with E-state index in [2.05, 4.69) is 29.6 Å². The number of nitrogens with zero attached hydrogens (tertiary/aromatic N) is 2. The molecular weight excluding hydrogens is 474 g/mol. The lowest BCUT2D eigenvalue weighted by molar-refractivity contribution is 0.0956. The van der Waals surface area contributed by atoms with Crippen molar-refractivity contribution in [1.82, 2.24) is 9.55 Å². The summed E-state index contributed by atoms with van der Waals surface area (Å²) >= 11 is 0. The number of carbonyl (C=O) groups is 1. The number of nitrogens with one attached hydrogen (secondary N) is 1. The Morgan fingerprint density at radius 1 is 0.842 bits per heavy atom. The van der Waals surface area contributed by atoms with E-state index >= 15 is 0 Å². The standard InChI is InChI=1S/C32H27N3O3/c36-30(23-11-5-2-6-12-23)34-32-33-29-20-26(25-14-7-13-24(19-25)22-9-3-1-4-10-22)16-17-28(29)31(37)35(32)21-27-15-8-18-38-27/h1-7,9-14,16-17,19-20,27H,8,15,18,21H2,(H,33,34,36). The van der Waals surface area contributed by atoms with Gasteiger partial charge in [-0.1, -0.05) is 72.8 Å². The van der Waals surface area contributed by atoms with Gasteiger partial charge in [-0.3, -0.25) is 19.5 Å². The Bertz CT molecular complexity index is 1660. The number of benzene rings is 4. The van der Waals surface area contributed by atoms with Gasteiger partial charge in [-0.2, -0.15) is 0 Å². The Morgan fingerprint density at radius 3 is 2.26 bits per heavy atom. The first-order chi connectivity index (χ1) is 18.7. The zero-order chi connectivity index (χ0) is 25.9. The van der Waals surface area contributed by atoms with Gasteiger partial charge in [0.2, 0.25) is 5.95 Å². The minimum atomic E-state index is -0.315. The second-order valence-electron chi connectivity index (χ2n) is 9.49. The van der Waals surface area contributed by atoms with Crippen LogP contribution in [0.15, 0.2) is 108 Å². The highest BCUT2D eigenvalue weighted by atomic mass is 16.5. The van der Waals surface area contributed by atoms with Gasteiger partial charge in [-0.15, -0.1) is 0 Å². The summed E-state index contributed by atoms with van der Waals surface area (Å²) in [4.78, 5) is 31.5. The molecule has 1 atom stereocenters. The normalized spacial score (nSPS) is 15.0. The summed E-state index contributed by atoms with van der Waals surface area (Å²) < 4.78 is 7.33. The number of rotatable bonds is 6. The molecule has 6 nitrogen and oxygen atoms in total. The fourth-order valence-electron chi connectivity index (χ4n) is 4.93. The first-order valence-corrected chi connectivity index (χ1v) is 12.8. The zero-order valence-corrected chi connectivity index (χ0v) is 20.8. The van der Waals surface area contributed by atoms with Crippen molar-refractivity contribution in [1.29, 1.82) is 0 Å². The van der Waals surface area contributed by atoms with Crippen LogP contribution >= 0.6 is 0 Å². The summed E-state index contributed by atoms with van der Waals surface area (Å²) in [5.74, 6) is -0.0910. The van der Waals surface area contributed by atoms with Gasteiger partial charge in [-0.25, -0.2) is 4.98 Å². The van der Waals surface area contributed by atoms with E-state index in [0.29, 0.717) is 29.6 Å². The highest BCUT2D eigenvalue weighted by Gasteiger charge is 2.21. The van der Waals surface area contributed by atoms with Crippen molar-refractivity contribution in [3.05, 3.63) is 119 Å². The number of aromatic nitrogens is 2. The Kier molecular flexibility index (Phi) is 6.54. The molecule has 1 saturated heterocycles. The van der Waals surface area contributed by atoms with Crippen LogP contribution in [0, 0.1) is 0 Å². The molecule has 0 bridgehead atoms. The van der Waals surface area contributed by atoms with E-state index < -0.39 is 0 Å². The van der Waals surface area contributed by atoms with Gasteiger partial charge in [-0.05, 0) is 65.4 Å². The molecule has 38 heavy (non-hydrogen) atoms. The molecule has 5 aromatic rings. The molecule has 1 amide bonds. The van der Waals surface area contributed by atoms with E-state index in [1.807, 2.05) is 54.6 Å². The quantitative estimate of drug-likeness (QED) is 0.302. The van der Waals surface area contributed by atoms with Crippen molar-refractivity contribution in [2.75, 3.05) is 11.9 Å². The minimum Gasteiger partial charge on any atom is -0.376 e. The number of hydrogen-bond donors (Lipinski definition) is 1. The molecule has 4 aromatic carbocycles. The fourth-order valence-corrected chi connectivity index (χ4v) is 4.93. The number of ether oxygens (including phenoxy) is 1. The second-order valence-corrected chi connectivity index (χ2v) is 9.49. The van der Waals surface area contributed by atoms with Gasteiger partial charge in [0.25, 0.3) is 11.5 Å². The maximum absolute atomic E-state index is 13.7. The van der Waals surface area contributed by atoms with Crippen molar-refractivity contribution in [3.63, 3.8) is 0 Å². The maximum Gasteiger partial charge on any atom is 0.262 e. The second kappa shape index (κ2) is 10.4. The van der Waals surface area contributed by atoms with Crippen LogP contribution in [0.25, 0.3) is 33.2 Å². The molecule has 1 aromatic heterocycles. The number of anilines is 1. The molecule has 0 radical (unpaired) electrons. The van der Waals surface area contributed by atoms with E-state index in [0.717, 1.165) is 35.1 Å². The number of fused-ring (bicyclic) bond motifs is 1. The van der Waals surface area contributed by atoms with Crippen LogP contribution in [0.2, 0.25) is 0 Å². The Labute approximate surface area is 220 Å². The highest BCUT2D eigenvalue weighted by Crippen LogP contribution is 2.28. The van der Waals surface area contributed by atoms with E-state index in [-0.39, 0.29) is 23.5 Å². The Balaban J connectivity index is 1.42. The maximum atomic E-state index is 13.7. The third-order valence-electron chi connectivity index (χ3n) is 6.93. The lowest BCUT2D eigenvalue weighted by Crippen LogP contribution is -2.31. The molecule has 188 valence electrons. The fraction of sp³-hybridized carbons (Fsp3) is 0.156. The summed E-state index contributed by atoms with van der Waals surface area (Å²) in [7, 11) is 0. The molecule has 1 N–H and O–H groups in total. The van der Waals surface area contributed by atoms with E-state index in [4.69, 9.17) is 9.72 Å². The molecule has 1 aliphatic heterocycles. The summed E-state index contributed by atoms with van der Waals surface area (Å²) in [6.45, 7) is 1.02. The minimum absolute atomic E-state index is 0.0840. The molecule has 0 saturated carbocycles. The average Bonchev–Trinajstić information content (AvgIpc) is 3.49. The summed E-state index contributed by atoms with van der Waals surface area (Å²) in [6, 6.07) is 33.1. The Morgan fingerprint density at radius 2 is 1.53 bits per heavy atom. The largest absolute Gasteiger partial charge is 0.376 e. The zero-order valence-electron chi connectivity index (χ0n) is 20.8. The molecule has 2 heterocycles. The lowest BCUT2D eigenvalue weighted by Gasteiger charge is -2.17. The predicted molar refractivity (Wildman–Crippen MR) is 150 cm³/mol. The summed E-state index contributed by atoms with van der Waals surface area (Å²) in [5, 5.41) is 3.38.